The first-order chi connectivity index (χ1) is 10.7. The number of carboxylic acids is 1. The van der Waals surface area contributed by atoms with Crippen LogP contribution in [-0.4, -0.2) is 29.3 Å². The van der Waals surface area contributed by atoms with Crippen molar-refractivity contribution >= 4 is 18.4 Å². The van der Waals surface area contributed by atoms with E-state index in [-0.39, 0.29) is 24.6 Å². The van der Waals surface area contributed by atoms with Gasteiger partial charge in [0.2, 0.25) is 0 Å². The molecule has 0 bridgehead atoms. The van der Waals surface area contributed by atoms with Crippen LogP contribution in [0.2, 0.25) is 0 Å². The summed E-state index contributed by atoms with van der Waals surface area (Å²) in [6.07, 6.45) is 2.87. The summed E-state index contributed by atoms with van der Waals surface area (Å²) in [6.45, 7) is 1.76. The monoisotopic (exact) mass is 339 g/mol. The fourth-order valence-corrected chi connectivity index (χ4v) is 2.18. The third-order valence-corrected chi connectivity index (χ3v) is 3.37. The summed E-state index contributed by atoms with van der Waals surface area (Å²) in [4.78, 5) is 11.0. The highest BCUT2D eigenvalue weighted by molar-refractivity contribution is 5.89. The fourth-order valence-electron chi connectivity index (χ4n) is 2.18. The number of halogens is 1. The van der Waals surface area contributed by atoms with Crippen LogP contribution in [0.25, 0.3) is 11.3 Å². The summed E-state index contributed by atoms with van der Waals surface area (Å²) in [5, 5.41) is 21.0. The number of unbranched alkanes of at least 4 members (excludes halogenated alkanes) is 2. The van der Waals surface area contributed by atoms with E-state index < -0.39 is 5.97 Å². The van der Waals surface area contributed by atoms with E-state index in [0.29, 0.717) is 12.3 Å². The Bertz CT molecular complexity index is 612. The van der Waals surface area contributed by atoms with Gasteiger partial charge in [-0.05, 0) is 50.1 Å². The lowest BCUT2D eigenvalue weighted by molar-refractivity contribution is 0.0697. The van der Waals surface area contributed by atoms with Crippen LogP contribution in [0.4, 0.5) is 0 Å². The summed E-state index contributed by atoms with van der Waals surface area (Å²) in [6, 6.07) is 10.4. The number of aliphatic hydroxyl groups is 1. The number of benzene rings is 1. The van der Waals surface area contributed by atoms with Gasteiger partial charge in [0.15, 0.2) is 0 Å². The van der Waals surface area contributed by atoms with E-state index in [2.05, 4.69) is 5.32 Å². The first kappa shape index (κ1) is 19.2. The zero-order valence-corrected chi connectivity index (χ0v) is 13.6. The van der Waals surface area contributed by atoms with E-state index in [0.717, 1.165) is 37.1 Å². The van der Waals surface area contributed by atoms with Gasteiger partial charge in [-0.1, -0.05) is 12.1 Å². The van der Waals surface area contributed by atoms with Crippen molar-refractivity contribution in [2.75, 3.05) is 13.2 Å². The Kier molecular flexibility index (Phi) is 8.40. The molecule has 1 aromatic heterocycles. The highest BCUT2D eigenvalue weighted by Gasteiger charge is 2.08. The molecule has 0 fully saturated rings. The van der Waals surface area contributed by atoms with Crippen LogP contribution in [-0.2, 0) is 6.54 Å². The molecule has 2 rings (SSSR count). The summed E-state index contributed by atoms with van der Waals surface area (Å²) in [5.41, 5.74) is 1.01. The maximum Gasteiger partial charge on any atom is 0.335 e. The molecule has 0 radical (unpaired) electrons. The highest BCUT2D eigenvalue weighted by atomic mass is 35.5. The third-order valence-electron chi connectivity index (χ3n) is 3.37. The lowest BCUT2D eigenvalue weighted by Crippen LogP contribution is -2.14. The number of aromatic carboxylic acids is 1. The zero-order valence-electron chi connectivity index (χ0n) is 12.8. The lowest BCUT2D eigenvalue weighted by Gasteiger charge is -2.02. The minimum atomic E-state index is -0.946. The first-order valence-electron chi connectivity index (χ1n) is 7.44. The van der Waals surface area contributed by atoms with Crippen molar-refractivity contribution in [3.63, 3.8) is 0 Å². The molecule has 0 aliphatic heterocycles. The van der Waals surface area contributed by atoms with Crippen LogP contribution in [0.15, 0.2) is 40.8 Å². The fraction of sp³-hybridized carbons (Fsp3) is 0.353. The van der Waals surface area contributed by atoms with Gasteiger partial charge in [0, 0.05) is 12.2 Å². The number of carboxylic acid groups (broad SMARTS) is 1. The van der Waals surface area contributed by atoms with Gasteiger partial charge in [0.05, 0.1) is 12.1 Å². The standard InChI is InChI=1S/C17H21NO4.ClH/c19-10-3-1-2-9-18-12-15-7-8-16(22-15)13-5-4-6-14(11-13)17(20)21;/h4-8,11,18-19H,1-3,9-10,12H2,(H,20,21);1H. The number of rotatable bonds is 9. The Balaban J connectivity index is 0.00000264. The second-order valence-corrected chi connectivity index (χ2v) is 5.11. The van der Waals surface area contributed by atoms with Crippen molar-refractivity contribution < 1.29 is 19.4 Å². The second-order valence-electron chi connectivity index (χ2n) is 5.11. The van der Waals surface area contributed by atoms with Gasteiger partial charge in [-0.25, -0.2) is 4.79 Å². The Morgan fingerprint density at radius 2 is 1.96 bits per heavy atom. The van der Waals surface area contributed by atoms with Gasteiger partial charge in [0.25, 0.3) is 0 Å². The smallest absolute Gasteiger partial charge is 0.335 e. The Hall–Kier alpha value is -1.82. The number of hydrogen-bond donors (Lipinski definition) is 3. The molecule has 23 heavy (non-hydrogen) atoms. The van der Waals surface area contributed by atoms with Gasteiger partial charge in [-0.3, -0.25) is 0 Å². The number of hydrogen-bond acceptors (Lipinski definition) is 4. The minimum absolute atomic E-state index is 0. The molecule has 1 heterocycles. The molecule has 6 heteroatoms. The van der Waals surface area contributed by atoms with Crippen LogP contribution in [0.1, 0.15) is 35.4 Å². The molecule has 0 spiro atoms. The molecule has 0 unspecified atom stereocenters. The number of furan rings is 1. The third kappa shape index (κ3) is 6.06. The van der Waals surface area contributed by atoms with E-state index in [1.807, 2.05) is 18.2 Å². The molecule has 1 aromatic carbocycles. The minimum Gasteiger partial charge on any atom is -0.478 e. The molecule has 0 aliphatic carbocycles. The normalized spacial score (nSPS) is 10.3. The summed E-state index contributed by atoms with van der Waals surface area (Å²) in [7, 11) is 0. The molecule has 0 saturated heterocycles. The molecular formula is C17H22ClNO4. The number of aliphatic hydroxyl groups excluding tert-OH is 1. The molecule has 0 amide bonds. The van der Waals surface area contributed by atoms with Crippen LogP contribution in [0, 0.1) is 0 Å². The molecule has 0 atom stereocenters. The molecule has 0 aliphatic rings. The Labute approximate surface area is 141 Å². The summed E-state index contributed by atoms with van der Waals surface area (Å²) in [5.74, 6) is 0.538. The summed E-state index contributed by atoms with van der Waals surface area (Å²) >= 11 is 0. The molecular weight excluding hydrogens is 318 g/mol. The van der Waals surface area contributed by atoms with Crippen molar-refractivity contribution in [3.8, 4) is 11.3 Å². The van der Waals surface area contributed by atoms with Crippen molar-refractivity contribution in [1.29, 1.82) is 0 Å². The number of carbonyl (C=O) groups is 1. The molecule has 126 valence electrons. The maximum atomic E-state index is 11.0. The topological polar surface area (TPSA) is 82.7 Å². The molecule has 2 aromatic rings. The average Bonchev–Trinajstić information content (AvgIpc) is 3.00. The quantitative estimate of drug-likeness (QED) is 0.610. The van der Waals surface area contributed by atoms with E-state index in [9.17, 15) is 4.79 Å². The van der Waals surface area contributed by atoms with Crippen molar-refractivity contribution in [1.82, 2.24) is 5.32 Å². The van der Waals surface area contributed by atoms with Gasteiger partial charge in [-0.2, -0.15) is 0 Å². The van der Waals surface area contributed by atoms with Gasteiger partial charge >= 0.3 is 5.97 Å². The SMILES string of the molecule is Cl.O=C(O)c1cccc(-c2ccc(CNCCCCCO)o2)c1. The predicted molar refractivity (Wildman–Crippen MR) is 91.0 cm³/mol. The maximum absolute atomic E-state index is 11.0. The van der Waals surface area contributed by atoms with E-state index in [4.69, 9.17) is 14.6 Å². The largest absolute Gasteiger partial charge is 0.478 e. The van der Waals surface area contributed by atoms with Crippen LogP contribution < -0.4 is 5.32 Å². The first-order valence-corrected chi connectivity index (χ1v) is 7.44. The predicted octanol–water partition coefficient (Wildman–Crippen LogP) is 3.32. The van der Waals surface area contributed by atoms with Crippen LogP contribution in [0.5, 0.6) is 0 Å². The van der Waals surface area contributed by atoms with Crippen molar-refractivity contribution in [3.05, 3.63) is 47.7 Å². The van der Waals surface area contributed by atoms with Crippen LogP contribution in [0.3, 0.4) is 0 Å². The second kappa shape index (κ2) is 10.0. The number of nitrogens with one attached hydrogen (secondary N) is 1. The molecule has 3 N–H and O–H groups in total. The zero-order chi connectivity index (χ0) is 15.8. The van der Waals surface area contributed by atoms with Crippen LogP contribution >= 0.6 is 12.4 Å². The summed E-state index contributed by atoms with van der Waals surface area (Å²) < 4.78 is 5.74. The lowest BCUT2D eigenvalue weighted by atomic mass is 10.1. The van der Waals surface area contributed by atoms with E-state index >= 15 is 0 Å². The highest BCUT2D eigenvalue weighted by Crippen LogP contribution is 2.23. The van der Waals surface area contributed by atoms with Gasteiger partial charge < -0.3 is 19.9 Å². The Morgan fingerprint density at radius 3 is 2.70 bits per heavy atom. The molecule has 5 nitrogen and oxygen atoms in total. The Morgan fingerprint density at radius 1 is 1.13 bits per heavy atom. The van der Waals surface area contributed by atoms with E-state index in [1.54, 1.807) is 18.2 Å². The van der Waals surface area contributed by atoms with Gasteiger partial charge in [-0.15, -0.1) is 12.4 Å². The van der Waals surface area contributed by atoms with Crippen molar-refractivity contribution in [2.24, 2.45) is 0 Å². The average molecular weight is 340 g/mol. The van der Waals surface area contributed by atoms with Gasteiger partial charge in [0.1, 0.15) is 11.5 Å². The van der Waals surface area contributed by atoms with Crippen molar-refractivity contribution in [2.45, 2.75) is 25.8 Å². The molecule has 0 saturated carbocycles. The van der Waals surface area contributed by atoms with E-state index in [1.165, 1.54) is 0 Å².